The van der Waals surface area contributed by atoms with Crippen LogP contribution in [-0.4, -0.2) is 90.8 Å². The third-order valence-electron chi connectivity index (χ3n) is 4.55. The molecule has 2 rings (SSSR count). The smallest absolute Gasteiger partial charge is 0.351 e. The van der Waals surface area contributed by atoms with Crippen LogP contribution in [0.4, 0.5) is 5.82 Å². The van der Waals surface area contributed by atoms with E-state index in [-0.39, 0.29) is 5.82 Å². The van der Waals surface area contributed by atoms with E-state index in [9.17, 15) is 34.2 Å². The second-order valence-electron chi connectivity index (χ2n) is 7.04. The zero-order valence-electron chi connectivity index (χ0n) is 16.9. The first-order chi connectivity index (χ1) is 15.4. The minimum atomic E-state index is -1.65. The Balaban J connectivity index is 2.11. The van der Waals surface area contributed by atoms with Crippen molar-refractivity contribution in [3.63, 3.8) is 0 Å². The van der Waals surface area contributed by atoms with Crippen LogP contribution < -0.4 is 22.5 Å². The minimum absolute atomic E-state index is 0.226. The zero-order chi connectivity index (χ0) is 24.9. The summed E-state index contributed by atoms with van der Waals surface area (Å²) in [7, 11) is 0. The molecule has 6 atom stereocenters. The summed E-state index contributed by atoms with van der Waals surface area (Å²) in [6, 6.07) is -1.84. The molecule has 0 spiro atoms. The Morgan fingerprint density at radius 2 is 1.79 bits per heavy atom. The molecule has 16 heteroatoms. The SMILES string of the molecule is NC(CC(=O)Nc1ccn(C2OC(CO)C(OC(=O)CC(N)C(=O)O)C2O)c(=O)n1)C(=O)O. The van der Waals surface area contributed by atoms with E-state index in [4.69, 9.17) is 31.2 Å². The number of carbonyl (C=O) groups is 4. The number of amides is 1. The number of hydrogen-bond donors (Lipinski definition) is 7. The molecular weight excluding hydrogens is 450 g/mol. The summed E-state index contributed by atoms with van der Waals surface area (Å²) < 4.78 is 11.2. The molecule has 1 amide bonds. The summed E-state index contributed by atoms with van der Waals surface area (Å²) in [4.78, 5) is 61.1. The first kappa shape index (κ1) is 25.8. The number of aliphatic carboxylic acids is 2. The summed E-state index contributed by atoms with van der Waals surface area (Å²) >= 11 is 0. The van der Waals surface area contributed by atoms with Gasteiger partial charge in [0.25, 0.3) is 0 Å². The highest BCUT2D eigenvalue weighted by Crippen LogP contribution is 2.30. The second-order valence-corrected chi connectivity index (χ2v) is 7.04. The molecule has 33 heavy (non-hydrogen) atoms. The number of carboxylic acid groups (broad SMARTS) is 2. The predicted octanol–water partition coefficient (Wildman–Crippen LogP) is -4.05. The highest BCUT2D eigenvalue weighted by molar-refractivity contribution is 5.93. The van der Waals surface area contributed by atoms with Gasteiger partial charge < -0.3 is 46.7 Å². The van der Waals surface area contributed by atoms with Crippen molar-refractivity contribution in [2.75, 3.05) is 11.9 Å². The number of aromatic nitrogens is 2. The Kier molecular flexibility index (Phi) is 8.55. The molecular formula is C17H23N5O11. The standard InChI is InChI=1S/C17H23N5O11/c18-6(15(27)28)3-10(24)20-9-1-2-22(17(31)21-9)14-12(26)13(8(5-23)32-14)33-11(25)4-7(19)16(29)30/h1-2,6-8,12-14,23,26H,3-5,18-19H2,(H,27,28)(H,29,30)(H,20,21,24,31). The third-order valence-corrected chi connectivity index (χ3v) is 4.55. The lowest BCUT2D eigenvalue weighted by Crippen LogP contribution is -2.41. The number of carbonyl (C=O) groups excluding carboxylic acids is 2. The van der Waals surface area contributed by atoms with Gasteiger partial charge in [0.2, 0.25) is 5.91 Å². The van der Waals surface area contributed by atoms with Crippen molar-refractivity contribution < 1.29 is 49.1 Å². The Hall–Kier alpha value is -3.44. The van der Waals surface area contributed by atoms with Gasteiger partial charge in [0, 0.05) is 6.20 Å². The molecule has 1 aromatic rings. The number of aliphatic hydroxyl groups excluding tert-OH is 2. The van der Waals surface area contributed by atoms with E-state index < -0.39 is 85.6 Å². The van der Waals surface area contributed by atoms with Crippen LogP contribution in [0.15, 0.2) is 17.1 Å². The van der Waals surface area contributed by atoms with Gasteiger partial charge in [0.15, 0.2) is 12.3 Å². The quantitative estimate of drug-likeness (QED) is 0.159. The fourth-order valence-corrected chi connectivity index (χ4v) is 2.87. The third kappa shape index (κ3) is 6.53. The van der Waals surface area contributed by atoms with Gasteiger partial charge in [-0.2, -0.15) is 4.98 Å². The summed E-state index contributed by atoms with van der Waals surface area (Å²) in [5, 5.41) is 39.6. The maximum Gasteiger partial charge on any atom is 0.351 e. The molecule has 6 unspecified atom stereocenters. The van der Waals surface area contributed by atoms with Crippen molar-refractivity contribution in [1.29, 1.82) is 0 Å². The molecule has 1 aromatic heterocycles. The fraction of sp³-hybridized carbons (Fsp3) is 0.529. The molecule has 1 aliphatic rings. The van der Waals surface area contributed by atoms with E-state index in [1.165, 1.54) is 0 Å². The Labute approximate surface area is 184 Å². The van der Waals surface area contributed by atoms with E-state index in [1.807, 2.05) is 0 Å². The summed E-state index contributed by atoms with van der Waals surface area (Å²) in [5.41, 5.74) is 9.51. The van der Waals surface area contributed by atoms with Crippen LogP contribution in [0, 0.1) is 0 Å². The maximum absolute atomic E-state index is 12.4. The lowest BCUT2D eigenvalue weighted by molar-refractivity contribution is -0.159. The number of esters is 1. The van der Waals surface area contributed by atoms with E-state index in [2.05, 4.69) is 10.3 Å². The highest BCUT2D eigenvalue weighted by Gasteiger charge is 2.47. The first-order valence-corrected chi connectivity index (χ1v) is 9.44. The van der Waals surface area contributed by atoms with Crippen molar-refractivity contribution in [2.24, 2.45) is 11.5 Å². The normalized spacial score (nSPS) is 24.0. The molecule has 182 valence electrons. The van der Waals surface area contributed by atoms with Crippen molar-refractivity contribution >= 4 is 29.6 Å². The van der Waals surface area contributed by atoms with Crippen LogP contribution in [0.5, 0.6) is 0 Å². The van der Waals surface area contributed by atoms with Gasteiger partial charge in [-0.1, -0.05) is 0 Å². The molecule has 16 nitrogen and oxygen atoms in total. The van der Waals surface area contributed by atoms with Gasteiger partial charge in [-0.3, -0.25) is 23.7 Å². The number of rotatable bonds is 10. The van der Waals surface area contributed by atoms with Crippen molar-refractivity contribution in [3.05, 3.63) is 22.7 Å². The summed E-state index contributed by atoms with van der Waals surface area (Å²) in [6.45, 7) is -0.712. The number of nitrogens with zero attached hydrogens (tertiary/aromatic N) is 2. The average Bonchev–Trinajstić information content (AvgIpc) is 3.03. The van der Waals surface area contributed by atoms with Crippen LogP contribution in [0.1, 0.15) is 19.1 Å². The van der Waals surface area contributed by atoms with Gasteiger partial charge in [0.1, 0.15) is 30.1 Å². The molecule has 1 saturated heterocycles. The Morgan fingerprint density at radius 1 is 1.18 bits per heavy atom. The van der Waals surface area contributed by atoms with Crippen molar-refractivity contribution in [1.82, 2.24) is 9.55 Å². The predicted molar refractivity (Wildman–Crippen MR) is 104 cm³/mol. The largest absolute Gasteiger partial charge is 0.480 e. The molecule has 0 saturated carbocycles. The van der Waals surface area contributed by atoms with Gasteiger partial charge in [0.05, 0.1) is 19.4 Å². The van der Waals surface area contributed by atoms with Gasteiger partial charge in [-0.25, -0.2) is 4.79 Å². The van der Waals surface area contributed by atoms with Gasteiger partial charge >= 0.3 is 23.6 Å². The van der Waals surface area contributed by atoms with E-state index >= 15 is 0 Å². The number of nitrogens with two attached hydrogens (primary N) is 2. The van der Waals surface area contributed by atoms with Crippen LogP contribution in [0.3, 0.4) is 0 Å². The Morgan fingerprint density at radius 3 is 2.33 bits per heavy atom. The first-order valence-electron chi connectivity index (χ1n) is 9.44. The maximum atomic E-state index is 12.4. The molecule has 0 bridgehead atoms. The van der Waals surface area contributed by atoms with E-state index in [0.717, 1.165) is 16.8 Å². The number of carboxylic acids is 2. The summed E-state index contributed by atoms with van der Waals surface area (Å²) in [6.07, 6.45) is -5.98. The van der Waals surface area contributed by atoms with E-state index in [1.54, 1.807) is 0 Å². The molecule has 1 aliphatic heterocycles. The van der Waals surface area contributed by atoms with Gasteiger partial charge in [-0.05, 0) is 6.07 Å². The molecule has 2 heterocycles. The van der Waals surface area contributed by atoms with Crippen molar-refractivity contribution in [3.8, 4) is 0 Å². The number of hydrogen-bond acceptors (Lipinski definition) is 12. The number of ether oxygens (including phenoxy) is 2. The molecule has 9 N–H and O–H groups in total. The highest BCUT2D eigenvalue weighted by atomic mass is 16.6. The monoisotopic (exact) mass is 473 g/mol. The second kappa shape index (κ2) is 10.9. The number of anilines is 1. The number of aliphatic hydroxyl groups is 2. The van der Waals surface area contributed by atoms with E-state index in [0.29, 0.717) is 0 Å². The lowest BCUT2D eigenvalue weighted by atomic mass is 10.1. The minimum Gasteiger partial charge on any atom is -0.480 e. The topological polar surface area (TPSA) is 267 Å². The molecule has 0 aromatic carbocycles. The fourth-order valence-electron chi connectivity index (χ4n) is 2.87. The van der Waals surface area contributed by atoms with Crippen LogP contribution in [-0.2, 0) is 28.7 Å². The number of nitrogens with one attached hydrogen (secondary N) is 1. The van der Waals surface area contributed by atoms with Crippen LogP contribution >= 0.6 is 0 Å². The van der Waals surface area contributed by atoms with Crippen LogP contribution in [0.25, 0.3) is 0 Å². The van der Waals surface area contributed by atoms with Crippen LogP contribution in [0.2, 0.25) is 0 Å². The molecule has 0 aliphatic carbocycles. The average molecular weight is 473 g/mol. The summed E-state index contributed by atoms with van der Waals surface area (Å²) in [5.74, 6) is -4.94. The Bertz CT molecular complexity index is 967. The molecule has 0 radical (unpaired) electrons. The van der Waals surface area contributed by atoms with Gasteiger partial charge in [-0.15, -0.1) is 0 Å². The van der Waals surface area contributed by atoms with Crippen molar-refractivity contribution in [2.45, 2.75) is 49.5 Å². The molecule has 1 fully saturated rings. The lowest BCUT2D eigenvalue weighted by Gasteiger charge is -2.20. The zero-order valence-corrected chi connectivity index (χ0v) is 16.9.